The van der Waals surface area contributed by atoms with Crippen molar-refractivity contribution in [2.45, 2.75) is 19.8 Å². The largest absolute Gasteiger partial charge is 0.215 e. The Morgan fingerprint density at radius 2 is 2.12 bits per heavy atom. The van der Waals surface area contributed by atoms with Crippen LogP contribution in [0, 0.1) is 0 Å². The van der Waals surface area contributed by atoms with Gasteiger partial charge in [-0.1, -0.05) is 43.3 Å². The van der Waals surface area contributed by atoms with E-state index in [1.807, 2.05) is 17.8 Å². The van der Waals surface area contributed by atoms with E-state index in [1.165, 1.54) is 27.7 Å². The zero-order chi connectivity index (χ0) is 11.2. The molecule has 3 heteroatoms. The van der Waals surface area contributed by atoms with Crippen LogP contribution in [0.5, 0.6) is 0 Å². The predicted octanol–water partition coefficient (Wildman–Crippen LogP) is 4.51. The average molecular weight is 249 g/mol. The minimum atomic E-state index is 0.961. The van der Waals surface area contributed by atoms with E-state index in [0.717, 1.165) is 6.42 Å². The summed E-state index contributed by atoms with van der Waals surface area (Å²) < 4.78 is 5.93. The Hall–Kier alpha value is -0.670. The molecule has 0 amide bonds. The van der Waals surface area contributed by atoms with Crippen LogP contribution in [0.4, 0.5) is 0 Å². The van der Waals surface area contributed by atoms with Gasteiger partial charge in [-0.2, -0.15) is 0 Å². The molecule has 0 aromatic heterocycles. The maximum atomic E-state index is 4.58. The summed E-state index contributed by atoms with van der Waals surface area (Å²) in [5.41, 5.74) is 2.43. The SMILES string of the molecule is CCCSC1=CCC(c2ccccc2)=NS1. The maximum Gasteiger partial charge on any atom is 0.0601 e. The van der Waals surface area contributed by atoms with E-state index in [-0.39, 0.29) is 0 Å². The molecule has 0 unspecified atom stereocenters. The topological polar surface area (TPSA) is 12.4 Å². The van der Waals surface area contributed by atoms with Gasteiger partial charge in [0, 0.05) is 18.4 Å². The van der Waals surface area contributed by atoms with Gasteiger partial charge in [0.05, 0.1) is 9.95 Å². The van der Waals surface area contributed by atoms with Crippen LogP contribution in [-0.4, -0.2) is 11.5 Å². The van der Waals surface area contributed by atoms with E-state index < -0.39 is 0 Å². The molecule has 0 fully saturated rings. The molecule has 84 valence electrons. The molecule has 1 aromatic carbocycles. The second-order valence-electron chi connectivity index (χ2n) is 3.57. The van der Waals surface area contributed by atoms with Gasteiger partial charge in [0.1, 0.15) is 0 Å². The number of hydrogen-bond acceptors (Lipinski definition) is 3. The monoisotopic (exact) mass is 249 g/mol. The summed E-state index contributed by atoms with van der Waals surface area (Å²) in [7, 11) is 0. The lowest BCUT2D eigenvalue weighted by molar-refractivity contribution is 1.11. The predicted molar refractivity (Wildman–Crippen MR) is 76.0 cm³/mol. The van der Waals surface area contributed by atoms with Crippen molar-refractivity contribution in [1.82, 2.24) is 0 Å². The van der Waals surface area contributed by atoms with Gasteiger partial charge in [0.2, 0.25) is 0 Å². The van der Waals surface area contributed by atoms with Crippen molar-refractivity contribution in [3.05, 3.63) is 46.2 Å². The van der Waals surface area contributed by atoms with Gasteiger partial charge in [-0.25, -0.2) is 4.40 Å². The molecule has 0 spiro atoms. The van der Waals surface area contributed by atoms with Crippen LogP contribution in [0.3, 0.4) is 0 Å². The van der Waals surface area contributed by atoms with Crippen LogP contribution in [0.25, 0.3) is 0 Å². The van der Waals surface area contributed by atoms with Crippen molar-refractivity contribution in [2.24, 2.45) is 4.40 Å². The number of hydrogen-bond donors (Lipinski definition) is 0. The lowest BCUT2D eigenvalue weighted by Crippen LogP contribution is -2.01. The molecule has 0 saturated heterocycles. The zero-order valence-corrected chi connectivity index (χ0v) is 11.0. The lowest BCUT2D eigenvalue weighted by Gasteiger charge is -2.11. The first-order valence-electron chi connectivity index (χ1n) is 5.52. The molecule has 0 saturated carbocycles. The van der Waals surface area contributed by atoms with Crippen LogP contribution in [0.15, 0.2) is 45.0 Å². The van der Waals surface area contributed by atoms with Gasteiger partial charge in [0.15, 0.2) is 0 Å². The minimum Gasteiger partial charge on any atom is -0.215 e. The third-order valence-electron chi connectivity index (χ3n) is 2.26. The molecule has 0 aliphatic carbocycles. The van der Waals surface area contributed by atoms with Gasteiger partial charge < -0.3 is 0 Å². The summed E-state index contributed by atoms with van der Waals surface area (Å²) in [6.07, 6.45) is 4.47. The maximum absolute atomic E-state index is 4.58. The fourth-order valence-corrected chi connectivity index (χ4v) is 3.16. The van der Waals surface area contributed by atoms with Gasteiger partial charge in [-0.05, 0) is 17.7 Å². The molecule has 1 heterocycles. The lowest BCUT2D eigenvalue weighted by atomic mass is 10.1. The van der Waals surface area contributed by atoms with Crippen molar-refractivity contribution in [2.75, 3.05) is 5.75 Å². The van der Waals surface area contributed by atoms with Crippen LogP contribution < -0.4 is 0 Å². The number of allylic oxidation sites excluding steroid dienone is 1. The second-order valence-corrected chi connectivity index (χ2v) is 5.77. The van der Waals surface area contributed by atoms with E-state index >= 15 is 0 Å². The summed E-state index contributed by atoms with van der Waals surface area (Å²) in [6, 6.07) is 10.4. The Bertz CT molecular complexity index is 396. The molecule has 1 aromatic rings. The van der Waals surface area contributed by atoms with E-state index in [9.17, 15) is 0 Å². The van der Waals surface area contributed by atoms with Crippen molar-refractivity contribution in [1.29, 1.82) is 0 Å². The highest BCUT2D eigenvalue weighted by molar-refractivity contribution is 8.21. The average Bonchev–Trinajstić information content (AvgIpc) is 2.38. The first-order chi connectivity index (χ1) is 7.90. The molecule has 1 nitrogen and oxygen atoms in total. The molecule has 1 aliphatic heterocycles. The van der Waals surface area contributed by atoms with Crippen LogP contribution in [0.1, 0.15) is 25.3 Å². The molecular weight excluding hydrogens is 234 g/mol. The third kappa shape index (κ3) is 3.16. The molecule has 0 atom stereocenters. The van der Waals surface area contributed by atoms with Crippen molar-refractivity contribution in [3.8, 4) is 0 Å². The summed E-state index contributed by atoms with van der Waals surface area (Å²) in [4.78, 5) is 0. The molecule has 2 rings (SSSR count). The third-order valence-corrected chi connectivity index (χ3v) is 4.56. The van der Waals surface area contributed by atoms with E-state index in [2.05, 4.69) is 41.7 Å². The summed E-state index contributed by atoms with van der Waals surface area (Å²) in [5, 5.41) is 0. The molecule has 0 N–H and O–H groups in total. The summed E-state index contributed by atoms with van der Waals surface area (Å²) in [5.74, 6) is 1.19. The number of nitrogens with zero attached hydrogens (tertiary/aromatic N) is 1. The number of thioether (sulfide) groups is 1. The number of benzene rings is 1. The van der Waals surface area contributed by atoms with E-state index in [0.29, 0.717) is 0 Å². The first kappa shape index (κ1) is 11.8. The van der Waals surface area contributed by atoms with Crippen molar-refractivity contribution >= 4 is 29.4 Å². The standard InChI is InChI=1S/C13H15NS2/c1-2-10-15-13-9-8-12(14-16-13)11-6-4-3-5-7-11/h3-7,9H,2,8,10H2,1H3. The van der Waals surface area contributed by atoms with E-state index in [4.69, 9.17) is 0 Å². The van der Waals surface area contributed by atoms with Gasteiger partial charge in [-0.3, -0.25) is 0 Å². The highest BCUT2D eigenvalue weighted by atomic mass is 32.2. The fraction of sp³-hybridized carbons (Fsp3) is 0.308. The van der Waals surface area contributed by atoms with E-state index in [1.54, 1.807) is 11.9 Å². The van der Waals surface area contributed by atoms with Crippen molar-refractivity contribution in [3.63, 3.8) is 0 Å². The highest BCUT2D eigenvalue weighted by Gasteiger charge is 2.09. The normalized spacial score (nSPS) is 15.6. The van der Waals surface area contributed by atoms with Crippen molar-refractivity contribution < 1.29 is 0 Å². The second kappa shape index (κ2) is 6.16. The first-order valence-corrected chi connectivity index (χ1v) is 7.28. The molecule has 0 radical (unpaired) electrons. The molecule has 0 bridgehead atoms. The van der Waals surface area contributed by atoms with Crippen LogP contribution in [0.2, 0.25) is 0 Å². The Kier molecular flexibility index (Phi) is 4.55. The zero-order valence-electron chi connectivity index (χ0n) is 9.35. The Morgan fingerprint density at radius 1 is 1.31 bits per heavy atom. The molecule has 16 heavy (non-hydrogen) atoms. The Morgan fingerprint density at radius 3 is 2.75 bits per heavy atom. The van der Waals surface area contributed by atoms with Gasteiger partial charge in [0.25, 0.3) is 0 Å². The molecular formula is C13H15NS2. The Balaban J connectivity index is 1.96. The van der Waals surface area contributed by atoms with Gasteiger partial charge in [-0.15, -0.1) is 11.8 Å². The summed E-state index contributed by atoms with van der Waals surface area (Å²) in [6.45, 7) is 2.21. The highest BCUT2D eigenvalue weighted by Crippen LogP contribution is 2.34. The van der Waals surface area contributed by atoms with Crippen LogP contribution >= 0.6 is 23.7 Å². The minimum absolute atomic E-state index is 0.961. The van der Waals surface area contributed by atoms with Gasteiger partial charge >= 0.3 is 0 Å². The Labute approximate surface area is 106 Å². The molecule has 1 aliphatic rings. The summed E-state index contributed by atoms with van der Waals surface area (Å²) >= 11 is 3.53. The van der Waals surface area contributed by atoms with Crippen LogP contribution in [-0.2, 0) is 0 Å². The quantitative estimate of drug-likeness (QED) is 0.728. The number of rotatable bonds is 4. The fourth-order valence-electron chi connectivity index (χ4n) is 1.44. The smallest absolute Gasteiger partial charge is 0.0601 e.